The van der Waals surface area contributed by atoms with E-state index < -0.39 is 12.0 Å². The van der Waals surface area contributed by atoms with Gasteiger partial charge in [0.15, 0.2) is 0 Å². The number of aromatic hydroxyl groups is 1. The lowest BCUT2D eigenvalue weighted by molar-refractivity contribution is -0.141. The maximum atomic E-state index is 12.7. The Morgan fingerprint density at radius 3 is 2.76 bits per heavy atom. The molecule has 114 valence electrons. The summed E-state index contributed by atoms with van der Waals surface area (Å²) >= 11 is 1.44. The third kappa shape index (κ3) is 3.07. The largest absolute Gasteiger partial charge is 0.508 e. The molecule has 2 rings (SSSR count). The first-order chi connectivity index (χ1) is 9.95. The molecule has 0 aromatic heterocycles. The van der Waals surface area contributed by atoms with Gasteiger partial charge in [-0.1, -0.05) is 6.07 Å². The summed E-state index contributed by atoms with van der Waals surface area (Å²) in [5.74, 6) is -0.538. The molecule has 7 heteroatoms. The molecule has 1 aromatic carbocycles. The van der Waals surface area contributed by atoms with E-state index in [9.17, 15) is 19.8 Å². The highest BCUT2D eigenvalue weighted by molar-refractivity contribution is 8.00. The Kier molecular flexibility index (Phi) is 4.62. The number of carboxylic acids is 1. The molecule has 6 nitrogen and oxygen atoms in total. The van der Waals surface area contributed by atoms with Crippen molar-refractivity contribution in [2.45, 2.75) is 25.3 Å². The molecule has 2 atom stereocenters. The first-order valence-corrected chi connectivity index (χ1v) is 7.73. The van der Waals surface area contributed by atoms with Crippen LogP contribution in [0.25, 0.3) is 0 Å². The van der Waals surface area contributed by atoms with E-state index in [4.69, 9.17) is 0 Å². The number of carbonyl (C=O) groups is 2. The molecule has 21 heavy (non-hydrogen) atoms. The monoisotopic (exact) mass is 310 g/mol. The van der Waals surface area contributed by atoms with E-state index in [1.165, 1.54) is 33.7 Å². The summed E-state index contributed by atoms with van der Waals surface area (Å²) in [4.78, 5) is 26.9. The molecule has 1 fully saturated rings. The molecule has 0 aliphatic carbocycles. The molecule has 1 saturated heterocycles. The molecule has 2 N–H and O–H groups in total. The first-order valence-electron chi connectivity index (χ1n) is 6.69. The van der Waals surface area contributed by atoms with Crippen molar-refractivity contribution >= 4 is 29.4 Å². The number of carbonyl (C=O) groups excluding carboxylic acids is 1. The van der Waals surface area contributed by atoms with E-state index in [0.717, 1.165) is 0 Å². The number of nitrogens with zero attached hydrogens (tertiary/aromatic N) is 2. The third-order valence-electron chi connectivity index (χ3n) is 3.42. The zero-order valence-electron chi connectivity index (χ0n) is 11.9. The molecule has 2 amide bonds. The maximum absolute atomic E-state index is 12.7. The van der Waals surface area contributed by atoms with E-state index in [1.54, 1.807) is 12.1 Å². The number of hydrogen-bond donors (Lipinski definition) is 2. The van der Waals surface area contributed by atoms with Crippen LogP contribution in [-0.2, 0) is 4.79 Å². The normalized spacial score (nSPS) is 21.3. The summed E-state index contributed by atoms with van der Waals surface area (Å²) in [5, 5.41) is 18.6. The summed E-state index contributed by atoms with van der Waals surface area (Å²) in [7, 11) is 0. The number of phenolic OH excluding ortho intramolecular Hbond substituents is 1. The number of rotatable bonds is 3. The van der Waals surface area contributed by atoms with E-state index >= 15 is 0 Å². The van der Waals surface area contributed by atoms with E-state index in [1.807, 2.05) is 13.8 Å². The fourth-order valence-corrected chi connectivity index (χ4v) is 3.51. The average molecular weight is 310 g/mol. The highest BCUT2D eigenvalue weighted by Gasteiger charge is 2.41. The molecule has 0 bridgehead atoms. The summed E-state index contributed by atoms with van der Waals surface area (Å²) in [6.45, 7) is 4.02. The second-order valence-corrected chi connectivity index (χ2v) is 6.09. The van der Waals surface area contributed by atoms with Gasteiger partial charge in [0.25, 0.3) is 0 Å². The van der Waals surface area contributed by atoms with Gasteiger partial charge < -0.3 is 10.2 Å². The van der Waals surface area contributed by atoms with Crippen LogP contribution in [-0.4, -0.2) is 50.8 Å². The van der Waals surface area contributed by atoms with Crippen LogP contribution in [0, 0.1) is 0 Å². The van der Waals surface area contributed by atoms with Crippen molar-refractivity contribution < 1.29 is 19.8 Å². The van der Waals surface area contributed by atoms with Gasteiger partial charge >= 0.3 is 12.0 Å². The lowest BCUT2D eigenvalue weighted by Gasteiger charge is -2.31. The van der Waals surface area contributed by atoms with E-state index in [-0.39, 0.29) is 17.2 Å². The Balaban J connectivity index is 2.29. The molecule has 1 aliphatic heterocycles. The Bertz CT molecular complexity index is 552. The molecule has 1 aromatic rings. The molecule has 1 aliphatic rings. The number of carboxylic acid groups (broad SMARTS) is 1. The zero-order chi connectivity index (χ0) is 15.6. The maximum Gasteiger partial charge on any atom is 0.327 e. The number of hydrogen-bond acceptors (Lipinski definition) is 4. The second kappa shape index (κ2) is 6.26. The second-order valence-electron chi connectivity index (χ2n) is 4.74. The third-order valence-corrected chi connectivity index (χ3v) is 4.64. The summed E-state index contributed by atoms with van der Waals surface area (Å²) < 4.78 is 0. The number of aliphatic carboxylic acids is 1. The molecule has 0 spiro atoms. The minimum absolute atomic E-state index is 0.0670. The lowest BCUT2D eigenvalue weighted by Crippen LogP contribution is -2.51. The minimum atomic E-state index is -0.993. The van der Waals surface area contributed by atoms with Gasteiger partial charge in [0.2, 0.25) is 0 Å². The van der Waals surface area contributed by atoms with Gasteiger partial charge in [-0.15, -0.1) is 11.8 Å². The van der Waals surface area contributed by atoms with Crippen LogP contribution in [0.5, 0.6) is 5.75 Å². The standard InChI is InChI=1S/C14H18N2O4S/c1-3-15(10-5-4-6-11(17)7-10)14(20)16-9(2)21-8-12(16)13(18)19/h4-7,9,12,17H,3,8H2,1-2H3,(H,18,19). The van der Waals surface area contributed by atoms with Gasteiger partial charge in [0.1, 0.15) is 11.8 Å². The van der Waals surface area contributed by atoms with Gasteiger partial charge in [0, 0.05) is 24.1 Å². The van der Waals surface area contributed by atoms with Gasteiger partial charge in [-0.3, -0.25) is 9.80 Å². The molecular formula is C14H18N2O4S. The fourth-order valence-electron chi connectivity index (χ4n) is 2.35. The van der Waals surface area contributed by atoms with E-state index in [2.05, 4.69) is 0 Å². The lowest BCUT2D eigenvalue weighted by atomic mass is 10.2. The van der Waals surface area contributed by atoms with Crippen LogP contribution >= 0.6 is 11.8 Å². The number of urea groups is 1. The van der Waals surface area contributed by atoms with Gasteiger partial charge in [-0.2, -0.15) is 0 Å². The Morgan fingerprint density at radius 2 is 2.19 bits per heavy atom. The number of thioether (sulfide) groups is 1. The fraction of sp³-hybridized carbons (Fsp3) is 0.429. The van der Waals surface area contributed by atoms with Gasteiger partial charge in [-0.25, -0.2) is 9.59 Å². The molecule has 0 radical (unpaired) electrons. The van der Waals surface area contributed by atoms with Crippen LogP contribution in [0.2, 0.25) is 0 Å². The summed E-state index contributed by atoms with van der Waals surface area (Å²) in [5.41, 5.74) is 0.552. The van der Waals surface area contributed by atoms with Gasteiger partial charge in [0.05, 0.1) is 5.37 Å². The van der Waals surface area contributed by atoms with E-state index in [0.29, 0.717) is 18.0 Å². The van der Waals surface area contributed by atoms with Crippen molar-refractivity contribution in [2.24, 2.45) is 0 Å². The van der Waals surface area contributed by atoms with Crippen LogP contribution in [0.3, 0.4) is 0 Å². The van der Waals surface area contributed by atoms with Crippen LogP contribution in [0.1, 0.15) is 13.8 Å². The SMILES string of the molecule is CCN(C(=O)N1C(C)SCC1C(=O)O)c1cccc(O)c1. The molecule has 2 unspecified atom stereocenters. The summed E-state index contributed by atoms with van der Waals surface area (Å²) in [6.07, 6.45) is 0. The van der Waals surface area contributed by atoms with Crippen molar-refractivity contribution in [3.63, 3.8) is 0 Å². The van der Waals surface area contributed by atoms with Crippen molar-refractivity contribution in [3.8, 4) is 5.75 Å². The van der Waals surface area contributed by atoms with Crippen LogP contribution < -0.4 is 4.90 Å². The number of benzene rings is 1. The Labute approximate surface area is 127 Å². The molecule has 1 heterocycles. The predicted molar refractivity (Wildman–Crippen MR) is 81.7 cm³/mol. The van der Waals surface area contributed by atoms with Gasteiger partial charge in [-0.05, 0) is 26.0 Å². The Morgan fingerprint density at radius 1 is 1.48 bits per heavy atom. The average Bonchev–Trinajstić information content (AvgIpc) is 2.81. The van der Waals surface area contributed by atoms with Crippen molar-refractivity contribution in [3.05, 3.63) is 24.3 Å². The van der Waals surface area contributed by atoms with Crippen LogP contribution in [0.15, 0.2) is 24.3 Å². The summed E-state index contributed by atoms with van der Waals surface area (Å²) in [6, 6.07) is 5.21. The molecule has 0 saturated carbocycles. The first kappa shape index (κ1) is 15.5. The highest BCUT2D eigenvalue weighted by atomic mass is 32.2. The highest BCUT2D eigenvalue weighted by Crippen LogP contribution is 2.31. The predicted octanol–water partition coefficient (Wildman–Crippen LogP) is 2.19. The number of phenols is 1. The Hall–Kier alpha value is -1.89. The van der Waals surface area contributed by atoms with Crippen LogP contribution in [0.4, 0.5) is 10.5 Å². The van der Waals surface area contributed by atoms with Crippen molar-refractivity contribution in [2.75, 3.05) is 17.2 Å². The zero-order valence-corrected chi connectivity index (χ0v) is 12.7. The van der Waals surface area contributed by atoms with Crippen molar-refractivity contribution in [1.29, 1.82) is 0 Å². The topological polar surface area (TPSA) is 81.1 Å². The number of amides is 2. The van der Waals surface area contributed by atoms with Crippen molar-refractivity contribution in [1.82, 2.24) is 4.90 Å². The minimum Gasteiger partial charge on any atom is -0.508 e. The quantitative estimate of drug-likeness (QED) is 0.894. The molecular weight excluding hydrogens is 292 g/mol. The number of anilines is 1. The smallest absolute Gasteiger partial charge is 0.327 e.